The average molecular weight is 440 g/mol. The predicted molar refractivity (Wildman–Crippen MR) is 123 cm³/mol. The summed E-state index contributed by atoms with van der Waals surface area (Å²) in [6.45, 7) is 9.08. The fourth-order valence-electron chi connectivity index (χ4n) is 3.85. The molecule has 0 atom stereocenters. The molecule has 2 aromatic carbocycles. The van der Waals surface area contributed by atoms with Crippen LogP contribution >= 0.6 is 11.3 Å². The normalized spacial score (nSPS) is 14.7. The van der Waals surface area contributed by atoms with Crippen LogP contribution in [-0.4, -0.2) is 60.0 Å². The van der Waals surface area contributed by atoms with Crippen molar-refractivity contribution in [2.45, 2.75) is 13.8 Å². The number of fused-ring (bicyclic) bond motifs is 1. The summed E-state index contributed by atoms with van der Waals surface area (Å²) in [6, 6.07) is 10.1. The van der Waals surface area contributed by atoms with Gasteiger partial charge < -0.3 is 10.2 Å². The Bertz CT molecular complexity index is 1120. The van der Waals surface area contributed by atoms with E-state index in [9.17, 15) is 14.9 Å². The second kappa shape index (κ2) is 8.99. The first kappa shape index (κ1) is 21.2. The van der Waals surface area contributed by atoms with Crippen molar-refractivity contribution in [1.82, 2.24) is 15.2 Å². The molecule has 9 heteroatoms. The molecule has 1 fully saturated rings. The number of nitro benzene ring substituents is 1. The van der Waals surface area contributed by atoms with Crippen LogP contribution in [0.3, 0.4) is 0 Å². The summed E-state index contributed by atoms with van der Waals surface area (Å²) >= 11 is 1.75. The maximum atomic E-state index is 12.3. The number of rotatable bonds is 6. The number of nitrogens with zero attached hydrogens (tertiary/aromatic N) is 4. The molecule has 8 nitrogen and oxygen atoms in total. The minimum Gasteiger partial charge on any atom is -0.351 e. The summed E-state index contributed by atoms with van der Waals surface area (Å²) < 4.78 is 1.26. The van der Waals surface area contributed by atoms with Crippen molar-refractivity contribution in [3.63, 3.8) is 0 Å². The second-order valence-corrected chi connectivity index (χ2v) is 8.80. The standard InChI is InChI=1S/C22H25N5O3S/c1-15-12-16(2)20-19(13-15)24-22(31-20)26-10-8-25(9-11-26)7-6-23-21(28)17-4-3-5-18(14-17)27(29)30/h3-5,12-14H,6-11H2,1-2H3,(H,23,28). The van der Waals surface area contributed by atoms with Crippen molar-refractivity contribution in [3.05, 3.63) is 63.2 Å². The molecule has 1 N–H and O–H groups in total. The van der Waals surface area contributed by atoms with Crippen LogP contribution in [0.5, 0.6) is 0 Å². The summed E-state index contributed by atoms with van der Waals surface area (Å²) in [6.07, 6.45) is 0. The first-order valence-corrected chi connectivity index (χ1v) is 11.1. The van der Waals surface area contributed by atoms with Gasteiger partial charge in [0.2, 0.25) is 0 Å². The van der Waals surface area contributed by atoms with E-state index < -0.39 is 4.92 Å². The lowest BCUT2D eigenvalue weighted by atomic mass is 10.1. The van der Waals surface area contributed by atoms with Crippen molar-refractivity contribution in [2.75, 3.05) is 44.2 Å². The quantitative estimate of drug-likeness (QED) is 0.468. The molecule has 1 aliphatic rings. The molecule has 1 aromatic heterocycles. The first-order valence-electron chi connectivity index (χ1n) is 10.3. The lowest BCUT2D eigenvalue weighted by molar-refractivity contribution is -0.384. The Balaban J connectivity index is 1.27. The fourth-order valence-corrected chi connectivity index (χ4v) is 4.92. The van der Waals surface area contributed by atoms with Crippen molar-refractivity contribution in [3.8, 4) is 0 Å². The molecule has 0 aliphatic carbocycles. The number of anilines is 1. The maximum absolute atomic E-state index is 12.3. The van der Waals surface area contributed by atoms with Gasteiger partial charge in [-0.1, -0.05) is 23.5 Å². The van der Waals surface area contributed by atoms with E-state index in [4.69, 9.17) is 4.98 Å². The number of non-ortho nitro benzene ring substituents is 1. The molecule has 1 amide bonds. The third-order valence-corrected chi connectivity index (χ3v) is 6.75. The highest BCUT2D eigenvalue weighted by Crippen LogP contribution is 2.32. The number of carbonyl (C=O) groups is 1. The van der Waals surface area contributed by atoms with Crippen LogP contribution in [0.4, 0.5) is 10.8 Å². The van der Waals surface area contributed by atoms with E-state index in [0.717, 1.165) is 43.4 Å². The summed E-state index contributed by atoms with van der Waals surface area (Å²) in [5, 5.41) is 14.8. The zero-order valence-electron chi connectivity index (χ0n) is 17.6. The Morgan fingerprint density at radius 2 is 1.97 bits per heavy atom. The zero-order valence-corrected chi connectivity index (χ0v) is 18.4. The molecule has 0 unspecified atom stereocenters. The van der Waals surface area contributed by atoms with Gasteiger partial charge in [-0.3, -0.25) is 19.8 Å². The molecule has 0 radical (unpaired) electrons. The van der Waals surface area contributed by atoms with Gasteiger partial charge in [-0.2, -0.15) is 0 Å². The number of piperazine rings is 1. The number of aromatic nitrogens is 1. The number of nitrogens with one attached hydrogen (secondary N) is 1. The van der Waals surface area contributed by atoms with Gasteiger partial charge in [0, 0.05) is 57.0 Å². The molecule has 0 bridgehead atoms. The number of thiazole rings is 1. The lowest BCUT2D eigenvalue weighted by Crippen LogP contribution is -2.48. The zero-order chi connectivity index (χ0) is 22.0. The third-order valence-electron chi connectivity index (χ3n) is 5.48. The Morgan fingerprint density at radius 1 is 1.19 bits per heavy atom. The molecule has 4 rings (SSSR count). The van der Waals surface area contributed by atoms with E-state index >= 15 is 0 Å². The van der Waals surface area contributed by atoms with Crippen LogP contribution < -0.4 is 10.2 Å². The van der Waals surface area contributed by atoms with Gasteiger partial charge in [-0.25, -0.2) is 4.98 Å². The number of carbonyl (C=O) groups excluding carboxylic acids is 1. The lowest BCUT2D eigenvalue weighted by Gasteiger charge is -2.34. The Hall–Kier alpha value is -3.04. The van der Waals surface area contributed by atoms with Crippen LogP contribution in [0.1, 0.15) is 21.5 Å². The molecule has 3 aromatic rings. The summed E-state index contributed by atoms with van der Waals surface area (Å²) in [5.41, 5.74) is 3.81. The van der Waals surface area contributed by atoms with E-state index in [2.05, 4.69) is 41.1 Å². The molecule has 162 valence electrons. The van der Waals surface area contributed by atoms with E-state index in [1.54, 1.807) is 17.4 Å². The van der Waals surface area contributed by atoms with E-state index in [1.807, 2.05) is 0 Å². The Morgan fingerprint density at radius 3 is 2.71 bits per heavy atom. The minimum atomic E-state index is -0.496. The summed E-state index contributed by atoms with van der Waals surface area (Å²) in [7, 11) is 0. The maximum Gasteiger partial charge on any atom is 0.270 e. The molecule has 0 saturated carbocycles. The number of hydrogen-bond acceptors (Lipinski definition) is 7. The highest BCUT2D eigenvalue weighted by Gasteiger charge is 2.20. The minimum absolute atomic E-state index is 0.0797. The number of nitro groups is 1. The van der Waals surface area contributed by atoms with Crippen LogP contribution in [0.15, 0.2) is 36.4 Å². The number of amides is 1. The molecule has 2 heterocycles. The average Bonchev–Trinajstić information content (AvgIpc) is 3.18. The van der Waals surface area contributed by atoms with Gasteiger partial charge in [0.25, 0.3) is 11.6 Å². The fraction of sp³-hybridized carbons (Fsp3) is 0.364. The summed E-state index contributed by atoms with van der Waals surface area (Å²) in [5.74, 6) is -0.289. The van der Waals surface area contributed by atoms with E-state index in [-0.39, 0.29) is 11.6 Å². The SMILES string of the molecule is Cc1cc(C)c2sc(N3CCN(CCNC(=O)c4cccc([N+](=O)[O-])c4)CC3)nc2c1. The molecule has 31 heavy (non-hydrogen) atoms. The van der Waals surface area contributed by atoms with Crippen molar-refractivity contribution in [1.29, 1.82) is 0 Å². The van der Waals surface area contributed by atoms with Gasteiger partial charge >= 0.3 is 0 Å². The largest absolute Gasteiger partial charge is 0.351 e. The molecular formula is C22H25N5O3S. The van der Waals surface area contributed by atoms with Crippen molar-refractivity contribution >= 4 is 38.3 Å². The second-order valence-electron chi connectivity index (χ2n) is 7.82. The molecule has 1 saturated heterocycles. The number of aryl methyl sites for hydroxylation is 2. The van der Waals surface area contributed by atoms with Gasteiger partial charge in [0.05, 0.1) is 15.1 Å². The Labute approximate surface area is 184 Å². The van der Waals surface area contributed by atoms with Crippen LogP contribution in [0.25, 0.3) is 10.2 Å². The van der Waals surface area contributed by atoms with Crippen LogP contribution in [0.2, 0.25) is 0 Å². The van der Waals surface area contributed by atoms with E-state index in [0.29, 0.717) is 12.1 Å². The van der Waals surface area contributed by atoms with Crippen LogP contribution in [0, 0.1) is 24.0 Å². The monoisotopic (exact) mass is 439 g/mol. The Kier molecular flexibility index (Phi) is 6.15. The first-order chi connectivity index (χ1) is 14.9. The molecule has 1 aliphatic heterocycles. The highest BCUT2D eigenvalue weighted by molar-refractivity contribution is 7.22. The van der Waals surface area contributed by atoms with Gasteiger partial charge in [0.15, 0.2) is 5.13 Å². The molecular weight excluding hydrogens is 414 g/mol. The topological polar surface area (TPSA) is 91.6 Å². The van der Waals surface area contributed by atoms with Crippen molar-refractivity contribution < 1.29 is 9.72 Å². The van der Waals surface area contributed by atoms with Gasteiger partial charge in [-0.15, -0.1) is 0 Å². The van der Waals surface area contributed by atoms with Crippen LogP contribution in [-0.2, 0) is 0 Å². The highest BCUT2D eigenvalue weighted by atomic mass is 32.1. The smallest absolute Gasteiger partial charge is 0.270 e. The predicted octanol–water partition coefficient (Wildman–Crippen LogP) is 3.37. The molecule has 0 spiro atoms. The third kappa shape index (κ3) is 4.83. The van der Waals surface area contributed by atoms with Gasteiger partial charge in [0.1, 0.15) is 0 Å². The van der Waals surface area contributed by atoms with Gasteiger partial charge in [-0.05, 0) is 37.1 Å². The number of benzene rings is 2. The number of hydrogen-bond donors (Lipinski definition) is 1. The van der Waals surface area contributed by atoms with Crippen molar-refractivity contribution in [2.24, 2.45) is 0 Å². The van der Waals surface area contributed by atoms with E-state index in [1.165, 1.54) is 34.0 Å². The summed E-state index contributed by atoms with van der Waals surface area (Å²) in [4.78, 5) is 32.1.